The van der Waals surface area contributed by atoms with Crippen LogP contribution in [0.2, 0.25) is 0 Å². The average Bonchev–Trinajstić information content (AvgIpc) is 2.79. The third-order valence-corrected chi connectivity index (χ3v) is 3.56. The van der Waals surface area contributed by atoms with E-state index in [0.717, 1.165) is 12.8 Å². The van der Waals surface area contributed by atoms with Gasteiger partial charge in [-0.1, -0.05) is 19.4 Å². The number of ether oxygens (including phenoxy) is 2. The van der Waals surface area contributed by atoms with E-state index in [1.807, 2.05) is 6.92 Å². The van der Waals surface area contributed by atoms with Crippen molar-refractivity contribution in [1.29, 1.82) is 0 Å². The minimum Gasteiger partial charge on any atom is -0.464 e. The van der Waals surface area contributed by atoms with Crippen molar-refractivity contribution < 1.29 is 18.7 Å². The van der Waals surface area contributed by atoms with Gasteiger partial charge in [0.05, 0.1) is 7.11 Å². The van der Waals surface area contributed by atoms with E-state index in [9.17, 15) is 9.18 Å². The Morgan fingerprint density at radius 2 is 2.23 bits per heavy atom. The number of unbranched alkanes of at least 4 members (excludes halogenated alkanes) is 1. The summed E-state index contributed by atoms with van der Waals surface area (Å²) in [6.45, 7) is 2.58. The predicted molar refractivity (Wildman–Crippen MR) is 82.6 cm³/mol. The van der Waals surface area contributed by atoms with Crippen LogP contribution in [0.4, 0.5) is 4.39 Å². The fourth-order valence-corrected chi connectivity index (χ4v) is 2.46. The molecule has 0 N–H and O–H groups in total. The molecule has 0 radical (unpaired) electrons. The summed E-state index contributed by atoms with van der Waals surface area (Å²) in [7, 11) is 1.30. The summed E-state index contributed by atoms with van der Waals surface area (Å²) in [5, 5.41) is 0. The number of esters is 1. The number of benzene rings is 1. The largest absolute Gasteiger partial charge is 0.464 e. The van der Waals surface area contributed by atoms with Crippen LogP contribution < -0.4 is 4.74 Å². The summed E-state index contributed by atoms with van der Waals surface area (Å²) in [5.41, 5.74) is 0.280. The van der Waals surface area contributed by atoms with Crippen LogP contribution in [0.15, 0.2) is 28.9 Å². The number of hydrogen-bond donors (Lipinski definition) is 0. The number of carbonyl (C=O) groups excluding carboxylic acids is 1. The quantitative estimate of drug-likeness (QED) is 0.716. The van der Waals surface area contributed by atoms with Gasteiger partial charge >= 0.3 is 12.0 Å². The van der Waals surface area contributed by atoms with Crippen LogP contribution in [-0.2, 0) is 11.3 Å². The second-order valence-electron chi connectivity index (χ2n) is 4.59. The molecule has 0 saturated heterocycles. The molecule has 7 heteroatoms. The maximum Gasteiger partial charge on any atom is 0.357 e. The molecule has 22 heavy (non-hydrogen) atoms. The van der Waals surface area contributed by atoms with E-state index >= 15 is 0 Å². The fraction of sp³-hybridized carbons (Fsp3) is 0.333. The molecule has 2 aromatic rings. The molecule has 0 aliphatic rings. The normalized spacial score (nSPS) is 10.5. The van der Waals surface area contributed by atoms with Crippen LogP contribution >= 0.6 is 15.9 Å². The first-order chi connectivity index (χ1) is 10.6. The second-order valence-corrected chi connectivity index (χ2v) is 5.34. The lowest BCUT2D eigenvalue weighted by Gasteiger charge is -2.10. The Balaban J connectivity index is 2.39. The van der Waals surface area contributed by atoms with Gasteiger partial charge in [-0.15, -0.1) is 0 Å². The van der Waals surface area contributed by atoms with Crippen molar-refractivity contribution in [2.24, 2.45) is 0 Å². The van der Waals surface area contributed by atoms with E-state index in [1.54, 1.807) is 16.7 Å². The van der Waals surface area contributed by atoms with Crippen LogP contribution in [0.1, 0.15) is 30.3 Å². The first kappa shape index (κ1) is 16.5. The number of carbonyl (C=O) groups is 1. The van der Waals surface area contributed by atoms with Gasteiger partial charge in [0.1, 0.15) is 16.2 Å². The molecule has 0 amide bonds. The Hall–Kier alpha value is -1.89. The molecule has 0 aliphatic heterocycles. The molecule has 0 spiro atoms. The highest BCUT2D eigenvalue weighted by Crippen LogP contribution is 2.28. The Morgan fingerprint density at radius 3 is 2.86 bits per heavy atom. The van der Waals surface area contributed by atoms with Crippen LogP contribution in [0.3, 0.4) is 0 Å². The van der Waals surface area contributed by atoms with Gasteiger partial charge in [0.15, 0.2) is 5.69 Å². The molecule has 1 heterocycles. The first-order valence-electron chi connectivity index (χ1n) is 6.84. The lowest BCUT2D eigenvalue weighted by Crippen LogP contribution is -2.12. The minimum atomic E-state index is -0.510. The molecule has 0 unspecified atom stereocenters. The maximum absolute atomic E-state index is 13.2. The first-order valence-corrected chi connectivity index (χ1v) is 7.63. The van der Waals surface area contributed by atoms with Gasteiger partial charge in [-0.05, 0) is 34.5 Å². The van der Waals surface area contributed by atoms with Crippen molar-refractivity contribution in [2.45, 2.75) is 26.3 Å². The summed E-state index contributed by atoms with van der Waals surface area (Å²) in [6, 6.07) is 5.95. The molecule has 2 rings (SSSR count). The van der Waals surface area contributed by atoms with Gasteiger partial charge in [-0.2, -0.15) is 4.98 Å². The molecule has 0 bridgehead atoms. The SMILES string of the molecule is CCCCn1c(Oc2cccc(F)c2)nc(Br)c1C(=O)OC. The summed E-state index contributed by atoms with van der Waals surface area (Å²) >= 11 is 3.24. The molecule has 0 aliphatic carbocycles. The van der Waals surface area contributed by atoms with E-state index in [4.69, 9.17) is 9.47 Å². The van der Waals surface area contributed by atoms with E-state index in [2.05, 4.69) is 20.9 Å². The predicted octanol–water partition coefficient (Wildman–Crippen LogP) is 4.16. The maximum atomic E-state index is 13.2. The lowest BCUT2D eigenvalue weighted by molar-refractivity contribution is 0.0586. The van der Waals surface area contributed by atoms with Crippen LogP contribution in [0.25, 0.3) is 0 Å². The molecule has 0 fully saturated rings. The van der Waals surface area contributed by atoms with Crippen LogP contribution in [0.5, 0.6) is 11.8 Å². The number of halogens is 2. The summed E-state index contributed by atoms with van der Waals surface area (Å²) < 4.78 is 25.6. The van der Waals surface area contributed by atoms with Crippen molar-refractivity contribution in [2.75, 3.05) is 7.11 Å². The third-order valence-electron chi connectivity index (χ3n) is 3.01. The zero-order valence-electron chi connectivity index (χ0n) is 12.3. The highest BCUT2D eigenvalue weighted by Gasteiger charge is 2.23. The molecule has 0 atom stereocenters. The van der Waals surface area contributed by atoms with Crippen molar-refractivity contribution >= 4 is 21.9 Å². The number of nitrogens with zero attached hydrogens (tertiary/aromatic N) is 2. The summed E-state index contributed by atoms with van der Waals surface area (Å²) in [4.78, 5) is 16.1. The van der Waals surface area contributed by atoms with E-state index in [0.29, 0.717) is 16.9 Å². The van der Waals surface area contributed by atoms with Gasteiger partial charge in [0.25, 0.3) is 0 Å². The molecular weight excluding hydrogens is 355 g/mol. The number of imidazole rings is 1. The summed E-state index contributed by atoms with van der Waals surface area (Å²) in [5.74, 6) is -0.604. The number of methoxy groups -OCH3 is 1. The standard InChI is InChI=1S/C15H16BrFN2O3/c1-3-4-8-19-12(14(20)21-2)13(16)18-15(19)22-11-7-5-6-10(17)9-11/h5-7,9H,3-4,8H2,1-2H3. The van der Waals surface area contributed by atoms with E-state index in [-0.39, 0.29) is 11.7 Å². The zero-order chi connectivity index (χ0) is 16.1. The molecule has 1 aromatic carbocycles. The smallest absolute Gasteiger partial charge is 0.357 e. The molecule has 5 nitrogen and oxygen atoms in total. The van der Waals surface area contributed by atoms with Gasteiger partial charge < -0.3 is 9.47 Å². The molecule has 0 saturated carbocycles. The monoisotopic (exact) mass is 370 g/mol. The van der Waals surface area contributed by atoms with Gasteiger partial charge in [0, 0.05) is 12.6 Å². The highest BCUT2D eigenvalue weighted by molar-refractivity contribution is 9.10. The molecule has 1 aromatic heterocycles. The topological polar surface area (TPSA) is 53.4 Å². The Morgan fingerprint density at radius 1 is 1.45 bits per heavy atom. The Labute approximate surface area is 136 Å². The molecular formula is C15H16BrFN2O3. The second kappa shape index (κ2) is 7.40. The van der Waals surface area contributed by atoms with Gasteiger partial charge in [0.2, 0.25) is 0 Å². The number of hydrogen-bond acceptors (Lipinski definition) is 4. The average molecular weight is 371 g/mol. The summed E-state index contributed by atoms with van der Waals surface area (Å²) in [6.07, 6.45) is 1.78. The van der Waals surface area contributed by atoms with Crippen molar-refractivity contribution in [3.8, 4) is 11.8 Å². The zero-order valence-corrected chi connectivity index (χ0v) is 13.9. The van der Waals surface area contributed by atoms with Crippen molar-refractivity contribution in [3.63, 3.8) is 0 Å². The van der Waals surface area contributed by atoms with Crippen LogP contribution in [-0.4, -0.2) is 22.6 Å². The Bertz CT molecular complexity index is 673. The number of rotatable bonds is 6. The van der Waals surface area contributed by atoms with Gasteiger partial charge in [-0.25, -0.2) is 9.18 Å². The van der Waals surface area contributed by atoms with Crippen LogP contribution in [0, 0.1) is 5.82 Å². The third kappa shape index (κ3) is 3.65. The van der Waals surface area contributed by atoms with Gasteiger partial charge in [-0.3, -0.25) is 4.57 Å². The van der Waals surface area contributed by atoms with E-state index < -0.39 is 11.8 Å². The number of aromatic nitrogens is 2. The molecule has 118 valence electrons. The minimum absolute atomic E-state index is 0.214. The van der Waals surface area contributed by atoms with Crippen molar-refractivity contribution in [3.05, 3.63) is 40.4 Å². The highest BCUT2D eigenvalue weighted by atomic mass is 79.9. The van der Waals surface area contributed by atoms with Crippen molar-refractivity contribution in [1.82, 2.24) is 9.55 Å². The lowest BCUT2D eigenvalue weighted by atomic mass is 10.3. The van der Waals surface area contributed by atoms with E-state index in [1.165, 1.54) is 19.2 Å². The Kier molecular flexibility index (Phi) is 5.54. The fourth-order valence-electron chi connectivity index (χ4n) is 1.93.